The van der Waals surface area contributed by atoms with E-state index in [1.165, 1.54) is 11.1 Å². The van der Waals surface area contributed by atoms with Crippen LogP contribution in [0.1, 0.15) is 11.1 Å². The molecule has 2 nitrogen and oxygen atoms in total. The quantitative estimate of drug-likeness (QED) is 0.672. The molecule has 1 rings (SSSR count). The number of hydrogen-bond acceptors (Lipinski definition) is 2. The molecule has 98 valence electrons. The van der Waals surface area contributed by atoms with Crippen LogP contribution in [0, 0.1) is 0 Å². The van der Waals surface area contributed by atoms with Gasteiger partial charge in [0, 0.05) is 19.6 Å². The van der Waals surface area contributed by atoms with Crippen LogP contribution < -0.4 is 5.32 Å². The molecule has 0 aliphatic carbocycles. The maximum atomic E-state index is 3.81. The Bertz CT molecular complexity index is 361. The second kappa shape index (κ2) is 8.67. The van der Waals surface area contributed by atoms with Crippen molar-refractivity contribution in [2.45, 2.75) is 13.0 Å². The second-order valence-electron chi connectivity index (χ2n) is 4.39. The van der Waals surface area contributed by atoms with Crippen LogP contribution in [0.5, 0.6) is 0 Å². The van der Waals surface area contributed by atoms with Crippen molar-refractivity contribution in [1.29, 1.82) is 0 Å². The van der Waals surface area contributed by atoms with Crippen LogP contribution in [0.15, 0.2) is 49.6 Å². The van der Waals surface area contributed by atoms with Crippen LogP contribution >= 0.6 is 0 Å². The molecule has 0 heterocycles. The first-order valence-electron chi connectivity index (χ1n) is 6.47. The molecule has 0 aliphatic rings. The van der Waals surface area contributed by atoms with Gasteiger partial charge >= 0.3 is 0 Å². The highest BCUT2D eigenvalue weighted by atomic mass is 15.1. The molecular formula is C16H24N2. The zero-order valence-electron chi connectivity index (χ0n) is 11.4. The Kier molecular flexibility index (Phi) is 7.07. The highest BCUT2D eigenvalue weighted by Gasteiger charge is 2.06. The van der Waals surface area contributed by atoms with Gasteiger partial charge in [0.2, 0.25) is 0 Å². The Morgan fingerprint density at radius 1 is 1.11 bits per heavy atom. The van der Waals surface area contributed by atoms with Crippen molar-refractivity contribution < 1.29 is 0 Å². The molecule has 0 unspecified atom stereocenters. The number of nitrogens with one attached hydrogen (secondary N) is 1. The van der Waals surface area contributed by atoms with E-state index in [4.69, 9.17) is 0 Å². The maximum Gasteiger partial charge on any atom is 0.0243 e. The summed E-state index contributed by atoms with van der Waals surface area (Å²) in [7, 11) is 1.99. The number of hydrogen-bond donors (Lipinski definition) is 1. The molecule has 0 aromatic heterocycles. The Morgan fingerprint density at radius 3 is 2.28 bits per heavy atom. The summed E-state index contributed by atoms with van der Waals surface area (Å²) in [6, 6.07) is 8.65. The predicted octanol–water partition coefficient (Wildman–Crippen LogP) is 2.62. The van der Waals surface area contributed by atoms with Gasteiger partial charge in [-0.05, 0) is 31.1 Å². The summed E-state index contributed by atoms with van der Waals surface area (Å²) < 4.78 is 0. The normalized spacial score (nSPS) is 10.6. The van der Waals surface area contributed by atoms with Gasteiger partial charge < -0.3 is 5.32 Å². The summed E-state index contributed by atoms with van der Waals surface area (Å²) in [4.78, 5) is 2.33. The Balaban J connectivity index is 2.73. The number of benzene rings is 1. The average molecular weight is 244 g/mol. The van der Waals surface area contributed by atoms with Crippen molar-refractivity contribution in [2.75, 3.05) is 26.7 Å². The van der Waals surface area contributed by atoms with Gasteiger partial charge in [-0.3, -0.25) is 4.90 Å². The fourth-order valence-electron chi connectivity index (χ4n) is 2.02. The summed E-state index contributed by atoms with van der Waals surface area (Å²) in [6.07, 6.45) is 4.96. The summed E-state index contributed by atoms with van der Waals surface area (Å²) >= 11 is 0. The number of rotatable bonds is 9. The number of nitrogens with zero attached hydrogens (tertiary/aromatic N) is 1. The van der Waals surface area contributed by atoms with E-state index >= 15 is 0 Å². The highest BCUT2D eigenvalue weighted by Crippen LogP contribution is 2.12. The van der Waals surface area contributed by atoms with Crippen molar-refractivity contribution in [2.24, 2.45) is 0 Å². The first kappa shape index (κ1) is 14.7. The fraction of sp³-hybridized carbons (Fsp3) is 0.375. The maximum absolute atomic E-state index is 3.81. The molecule has 0 spiro atoms. The molecule has 2 heteroatoms. The Labute approximate surface area is 111 Å². The van der Waals surface area contributed by atoms with E-state index in [1.54, 1.807) is 0 Å². The van der Waals surface area contributed by atoms with Crippen molar-refractivity contribution in [3.63, 3.8) is 0 Å². The summed E-state index contributed by atoms with van der Waals surface area (Å²) in [5, 5.41) is 3.20. The van der Waals surface area contributed by atoms with Crippen LogP contribution in [-0.2, 0) is 13.0 Å². The smallest absolute Gasteiger partial charge is 0.0243 e. The minimum Gasteiger partial charge on any atom is -0.319 e. The van der Waals surface area contributed by atoms with E-state index in [0.29, 0.717) is 0 Å². The third kappa shape index (κ3) is 4.86. The standard InChI is InChI=1S/C16H24N2/c1-4-12-18(13-5-2)14-16-9-7-6-8-15(16)10-11-17-3/h4-9,17H,1-2,10-14H2,3H3. The molecule has 0 atom stereocenters. The topological polar surface area (TPSA) is 15.3 Å². The molecule has 1 aromatic rings. The van der Waals surface area contributed by atoms with Crippen LogP contribution in [0.25, 0.3) is 0 Å². The molecular weight excluding hydrogens is 220 g/mol. The van der Waals surface area contributed by atoms with Gasteiger partial charge in [0.25, 0.3) is 0 Å². The van der Waals surface area contributed by atoms with Crippen LogP contribution in [0.2, 0.25) is 0 Å². The molecule has 1 N–H and O–H groups in total. The zero-order chi connectivity index (χ0) is 13.2. The molecule has 18 heavy (non-hydrogen) atoms. The Hall–Kier alpha value is -1.38. The number of likely N-dealkylation sites (N-methyl/N-ethyl adjacent to an activating group) is 1. The van der Waals surface area contributed by atoms with E-state index in [1.807, 2.05) is 19.2 Å². The van der Waals surface area contributed by atoms with Crippen molar-refractivity contribution >= 4 is 0 Å². The van der Waals surface area contributed by atoms with Gasteiger partial charge in [-0.2, -0.15) is 0 Å². The van der Waals surface area contributed by atoms with E-state index in [0.717, 1.165) is 32.6 Å². The molecule has 0 aliphatic heterocycles. The molecule has 0 fully saturated rings. The van der Waals surface area contributed by atoms with E-state index in [2.05, 4.69) is 47.6 Å². The summed E-state index contributed by atoms with van der Waals surface area (Å²) in [6.45, 7) is 11.4. The van der Waals surface area contributed by atoms with Gasteiger partial charge in [0.05, 0.1) is 0 Å². The highest BCUT2D eigenvalue weighted by molar-refractivity contribution is 5.27. The molecule has 0 radical (unpaired) electrons. The lowest BCUT2D eigenvalue weighted by atomic mass is 10.0. The Morgan fingerprint density at radius 2 is 1.72 bits per heavy atom. The fourth-order valence-corrected chi connectivity index (χ4v) is 2.02. The van der Waals surface area contributed by atoms with Crippen molar-refractivity contribution in [1.82, 2.24) is 10.2 Å². The minimum absolute atomic E-state index is 0.895. The van der Waals surface area contributed by atoms with Crippen molar-refractivity contribution in [3.05, 3.63) is 60.7 Å². The molecule has 0 amide bonds. The van der Waals surface area contributed by atoms with E-state index < -0.39 is 0 Å². The van der Waals surface area contributed by atoms with E-state index in [-0.39, 0.29) is 0 Å². The molecule has 1 aromatic carbocycles. The van der Waals surface area contributed by atoms with Crippen LogP contribution in [0.4, 0.5) is 0 Å². The third-order valence-corrected chi connectivity index (χ3v) is 2.93. The summed E-state index contributed by atoms with van der Waals surface area (Å²) in [5.41, 5.74) is 2.82. The monoisotopic (exact) mass is 244 g/mol. The second-order valence-corrected chi connectivity index (χ2v) is 4.39. The average Bonchev–Trinajstić information content (AvgIpc) is 2.38. The first-order valence-corrected chi connectivity index (χ1v) is 6.47. The molecule has 0 saturated carbocycles. The van der Waals surface area contributed by atoms with Gasteiger partial charge in [0.15, 0.2) is 0 Å². The zero-order valence-corrected chi connectivity index (χ0v) is 11.4. The lowest BCUT2D eigenvalue weighted by Crippen LogP contribution is -2.24. The van der Waals surface area contributed by atoms with Gasteiger partial charge in [-0.1, -0.05) is 36.4 Å². The van der Waals surface area contributed by atoms with Gasteiger partial charge in [-0.25, -0.2) is 0 Å². The lowest BCUT2D eigenvalue weighted by molar-refractivity contribution is 0.326. The summed E-state index contributed by atoms with van der Waals surface area (Å²) in [5.74, 6) is 0. The lowest BCUT2D eigenvalue weighted by Gasteiger charge is -2.20. The predicted molar refractivity (Wildman–Crippen MR) is 79.7 cm³/mol. The first-order chi connectivity index (χ1) is 8.81. The third-order valence-electron chi connectivity index (χ3n) is 2.93. The molecule has 0 bridgehead atoms. The molecule has 0 saturated heterocycles. The largest absolute Gasteiger partial charge is 0.319 e. The van der Waals surface area contributed by atoms with Gasteiger partial charge in [0.1, 0.15) is 0 Å². The van der Waals surface area contributed by atoms with Gasteiger partial charge in [-0.15, -0.1) is 13.2 Å². The van der Waals surface area contributed by atoms with E-state index in [9.17, 15) is 0 Å². The van der Waals surface area contributed by atoms with Crippen LogP contribution in [0.3, 0.4) is 0 Å². The van der Waals surface area contributed by atoms with Crippen LogP contribution in [-0.4, -0.2) is 31.6 Å². The van der Waals surface area contributed by atoms with Crippen molar-refractivity contribution in [3.8, 4) is 0 Å². The SMILES string of the molecule is C=CCN(CC=C)Cc1ccccc1CCNC. The minimum atomic E-state index is 0.895.